The average molecular weight is 478 g/mol. The maximum atomic E-state index is 12.8. The lowest BCUT2D eigenvalue weighted by molar-refractivity contribution is 0.208. The number of hydrogen-bond acceptors (Lipinski definition) is 7. The maximum Gasteiger partial charge on any atom is 0.321 e. The number of amides is 2. The van der Waals surface area contributed by atoms with Crippen LogP contribution in [0, 0.1) is 0 Å². The van der Waals surface area contributed by atoms with Crippen molar-refractivity contribution in [2.24, 2.45) is 0 Å². The Morgan fingerprint density at radius 3 is 2.37 bits per heavy atom. The molecule has 35 heavy (non-hydrogen) atoms. The van der Waals surface area contributed by atoms with Gasteiger partial charge in [-0.25, -0.2) is 4.79 Å². The Bertz CT molecular complexity index is 1130. The smallest absolute Gasteiger partial charge is 0.321 e. The molecule has 9 nitrogen and oxygen atoms in total. The van der Waals surface area contributed by atoms with Gasteiger partial charge in [-0.3, -0.25) is 0 Å². The Kier molecular flexibility index (Phi) is 7.87. The van der Waals surface area contributed by atoms with Gasteiger partial charge in [0.25, 0.3) is 0 Å². The zero-order valence-electron chi connectivity index (χ0n) is 20.4. The van der Waals surface area contributed by atoms with Gasteiger partial charge in [0.05, 0.1) is 26.0 Å². The summed E-state index contributed by atoms with van der Waals surface area (Å²) in [7, 11) is 1.64. The number of carbonyl (C=O) groups excluding carboxylic acids is 1. The van der Waals surface area contributed by atoms with E-state index in [-0.39, 0.29) is 6.03 Å². The van der Waals surface area contributed by atoms with Crippen LogP contribution >= 0.6 is 0 Å². The summed E-state index contributed by atoms with van der Waals surface area (Å²) in [5.41, 5.74) is 2.41. The molecule has 0 spiro atoms. The lowest BCUT2D eigenvalue weighted by atomic mass is 10.1. The van der Waals surface area contributed by atoms with E-state index in [2.05, 4.69) is 20.4 Å². The molecule has 1 fully saturated rings. The lowest BCUT2D eigenvalue weighted by Gasteiger charge is -2.35. The molecule has 184 valence electrons. The zero-order valence-corrected chi connectivity index (χ0v) is 20.4. The molecule has 2 aromatic carbocycles. The van der Waals surface area contributed by atoms with Gasteiger partial charge in [0.1, 0.15) is 5.75 Å². The van der Waals surface area contributed by atoms with Crippen molar-refractivity contribution in [3.05, 3.63) is 54.6 Å². The molecule has 0 atom stereocenters. The highest BCUT2D eigenvalue weighted by Gasteiger charge is 2.22. The fourth-order valence-electron chi connectivity index (χ4n) is 3.90. The fraction of sp³-hybridized carbons (Fsp3) is 0.346. The number of nitrogens with one attached hydrogen (secondary N) is 1. The highest BCUT2D eigenvalue weighted by Crippen LogP contribution is 2.31. The SMILES string of the molecule is CCOc1ccc(NC(=O)N2CCN(c3ccc(-c4cccc(OC)c4)nn3)CC2)cc1OCC. The molecule has 1 aliphatic rings. The van der Waals surface area contributed by atoms with E-state index in [4.69, 9.17) is 14.2 Å². The maximum absolute atomic E-state index is 12.8. The highest BCUT2D eigenvalue weighted by molar-refractivity contribution is 5.90. The van der Waals surface area contributed by atoms with Crippen LogP contribution in [0.3, 0.4) is 0 Å². The standard InChI is InChI=1S/C26H31N5O4/c1-4-34-23-11-9-20(18-24(23)35-5-2)27-26(32)31-15-13-30(14-16-31)25-12-10-22(28-29-25)19-7-6-8-21(17-19)33-3/h6-12,17-18H,4-5,13-16H2,1-3H3,(H,27,32). The van der Waals surface area contributed by atoms with Crippen LogP contribution in [-0.4, -0.2) is 67.6 Å². The topological polar surface area (TPSA) is 89.1 Å². The van der Waals surface area contributed by atoms with Gasteiger partial charge in [0.2, 0.25) is 0 Å². The third kappa shape index (κ3) is 5.92. The minimum absolute atomic E-state index is 0.143. The average Bonchev–Trinajstić information content (AvgIpc) is 2.90. The molecular weight excluding hydrogens is 446 g/mol. The van der Waals surface area contributed by atoms with Crippen LogP contribution in [0.4, 0.5) is 16.3 Å². The molecule has 2 amide bonds. The number of rotatable bonds is 8. The quantitative estimate of drug-likeness (QED) is 0.517. The van der Waals surface area contributed by atoms with Gasteiger partial charge in [-0.2, -0.15) is 0 Å². The predicted molar refractivity (Wildman–Crippen MR) is 136 cm³/mol. The number of carbonyl (C=O) groups is 1. The number of hydrogen-bond donors (Lipinski definition) is 1. The molecule has 9 heteroatoms. The van der Waals surface area contributed by atoms with Crippen molar-refractivity contribution in [2.45, 2.75) is 13.8 Å². The molecule has 1 saturated heterocycles. The Labute approximate surface area is 205 Å². The van der Waals surface area contributed by atoms with Crippen molar-refractivity contribution >= 4 is 17.5 Å². The number of aromatic nitrogens is 2. The normalized spacial score (nSPS) is 13.3. The number of benzene rings is 2. The number of ether oxygens (including phenoxy) is 3. The van der Waals surface area contributed by atoms with Crippen LogP contribution < -0.4 is 24.4 Å². The van der Waals surface area contributed by atoms with Crippen LogP contribution in [0.15, 0.2) is 54.6 Å². The summed E-state index contributed by atoms with van der Waals surface area (Å²) in [6.07, 6.45) is 0. The largest absolute Gasteiger partial charge is 0.497 e. The van der Waals surface area contributed by atoms with E-state index in [1.54, 1.807) is 18.1 Å². The van der Waals surface area contributed by atoms with E-state index in [9.17, 15) is 4.79 Å². The van der Waals surface area contributed by atoms with Crippen molar-refractivity contribution in [3.8, 4) is 28.5 Å². The molecular formula is C26H31N5O4. The summed E-state index contributed by atoms with van der Waals surface area (Å²) >= 11 is 0. The second-order valence-corrected chi connectivity index (χ2v) is 7.94. The van der Waals surface area contributed by atoms with Gasteiger partial charge in [-0.1, -0.05) is 12.1 Å². The first kappa shape index (κ1) is 24.1. The fourth-order valence-corrected chi connectivity index (χ4v) is 3.90. The Morgan fingerprint density at radius 2 is 1.69 bits per heavy atom. The van der Waals surface area contributed by atoms with Crippen molar-refractivity contribution in [1.82, 2.24) is 15.1 Å². The molecule has 0 aliphatic carbocycles. The van der Waals surface area contributed by atoms with E-state index in [0.29, 0.717) is 56.6 Å². The molecule has 3 aromatic rings. The summed E-state index contributed by atoms with van der Waals surface area (Å²) in [5, 5.41) is 11.8. The molecule has 0 radical (unpaired) electrons. The Morgan fingerprint density at radius 1 is 0.914 bits per heavy atom. The number of piperazine rings is 1. The van der Waals surface area contributed by atoms with Gasteiger partial charge in [0.15, 0.2) is 17.3 Å². The van der Waals surface area contributed by atoms with Gasteiger partial charge in [0, 0.05) is 43.5 Å². The second-order valence-electron chi connectivity index (χ2n) is 7.94. The monoisotopic (exact) mass is 477 g/mol. The minimum Gasteiger partial charge on any atom is -0.497 e. The van der Waals surface area contributed by atoms with Crippen LogP contribution in [0.1, 0.15) is 13.8 Å². The van der Waals surface area contributed by atoms with E-state index in [1.165, 1.54) is 0 Å². The third-order valence-corrected chi connectivity index (χ3v) is 5.70. The van der Waals surface area contributed by atoms with Gasteiger partial charge < -0.3 is 29.3 Å². The summed E-state index contributed by atoms with van der Waals surface area (Å²) in [5.74, 6) is 2.86. The van der Waals surface area contributed by atoms with Gasteiger partial charge >= 0.3 is 6.03 Å². The Balaban J connectivity index is 1.33. The molecule has 1 aromatic heterocycles. The lowest BCUT2D eigenvalue weighted by Crippen LogP contribution is -2.50. The highest BCUT2D eigenvalue weighted by atomic mass is 16.5. The van der Waals surface area contributed by atoms with Gasteiger partial charge in [-0.05, 0) is 50.2 Å². The molecule has 0 saturated carbocycles. The van der Waals surface area contributed by atoms with Crippen molar-refractivity contribution in [3.63, 3.8) is 0 Å². The number of methoxy groups -OCH3 is 1. The van der Waals surface area contributed by atoms with Crippen molar-refractivity contribution in [1.29, 1.82) is 0 Å². The molecule has 1 aliphatic heterocycles. The van der Waals surface area contributed by atoms with E-state index in [1.807, 2.05) is 62.4 Å². The Hall–Kier alpha value is -4.01. The van der Waals surface area contributed by atoms with Crippen LogP contribution in [0.2, 0.25) is 0 Å². The van der Waals surface area contributed by atoms with Crippen molar-refractivity contribution < 1.29 is 19.0 Å². The summed E-state index contributed by atoms with van der Waals surface area (Å²) in [6.45, 7) is 7.42. The number of nitrogens with zero attached hydrogens (tertiary/aromatic N) is 4. The van der Waals surface area contributed by atoms with Crippen LogP contribution in [0.5, 0.6) is 17.2 Å². The first-order valence-electron chi connectivity index (χ1n) is 11.8. The summed E-state index contributed by atoms with van der Waals surface area (Å²) in [4.78, 5) is 16.8. The molecule has 0 bridgehead atoms. The predicted octanol–water partition coefficient (Wildman–Crippen LogP) is 4.30. The van der Waals surface area contributed by atoms with Crippen LogP contribution in [-0.2, 0) is 0 Å². The minimum atomic E-state index is -0.143. The van der Waals surface area contributed by atoms with Crippen molar-refractivity contribution in [2.75, 3.05) is 56.7 Å². The number of anilines is 2. The second kappa shape index (κ2) is 11.4. The molecule has 2 heterocycles. The summed E-state index contributed by atoms with van der Waals surface area (Å²) in [6, 6.07) is 16.9. The van der Waals surface area contributed by atoms with E-state index in [0.717, 1.165) is 22.8 Å². The molecule has 0 unspecified atom stereocenters. The first-order chi connectivity index (χ1) is 17.1. The van der Waals surface area contributed by atoms with E-state index < -0.39 is 0 Å². The van der Waals surface area contributed by atoms with Crippen LogP contribution in [0.25, 0.3) is 11.3 Å². The zero-order chi connectivity index (χ0) is 24.6. The molecule has 1 N–H and O–H groups in total. The number of urea groups is 1. The molecule has 4 rings (SSSR count). The van der Waals surface area contributed by atoms with Gasteiger partial charge in [-0.15, -0.1) is 10.2 Å². The van der Waals surface area contributed by atoms with E-state index >= 15 is 0 Å². The first-order valence-corrected chi connectivity index (χ1v) is 11.8. The third-order valence-electron chi connectivity index (χ3n) is 5.70. The summed E-state index contributed by atoms with van der Waals surface area (Å²) < 4.78 is 16.5.